The van der Waals surface area contributed by atoms with Crippen LogP contribution >= 0.6 is 11.6 Å². The van der Waals surface area contributed by atoms with Crippen LogP contribution in [0.3, 0.4) is 0 Å². The highest BCUT2D eigenvalue weighted by Crippen LogP contribution is 2.33. The normalized spacial score (nSPS) is 10.4. The number of nitrogens with zero attached hydrogens (tertiary/aromatic N) is 1. The molecule has 5 nitrogen and oxygen atoms in total. The first kappa shape index (κ1) is 19.6. The fourth-order valence-electron chi connectivity index (χ4n) is 2.60. The van der Waals surface area contributed by atoms with Gasteiger partial charge in [-0.25, -0.2) is 9.37 Å². The van der Waals surface area contributed by atoms with Crippen molar-refractivity contribution < 1.29 is 13.9 Å². The van der Waals surface area contributed by atoms with Crippen LogP contribution in [0.4, 0.5) is 21.6 Å². The number of ether oxygens (including phenoxy) is 1. The lowest BCUT2D eigenvalue weighted by molar-refractivity contribution is -0.115. The van der Waals surface area contributed by atoms with E-state index >= 15 is 0 Å². The molecular weight excluding hydrogens is 381 g/mol. The van der Waals surface area contributed by atoms with Crippen molar-refractivity contribution in [3.63, 3.8) is 0 Å². The Morgan fingerprint density at radius 2 is 1.93 bits per heavy atom. The summed E-state index contributed by atoms with van der Waals surface area (Å²) < 4.78 is 18.3. The molecular formula is C21H19ClFN3O2. The molecule has 0 saturated carbocycles. The van der Waals surface area contributed by atoms with E-state index in [2.05, 4.69) is 15.6 Å². The van der Waals surface area contributed by atoms with Gasteiger partial charge < -0.3 is 15.4 Å². The number of hydrogen-bond acceptors (Lipinski definition) is 4. The van der Waals surface area contributed by atoms with Crippen LogP contribution < -0.4 is 15.4 Å². The minimum atomic E-state index is -0.332. The first-order chi connectivity index (χ1) is 13.4. The maximum atomic E-state index is 12.9. The zero-order valence-electron chi connectivity index (χ0n) is 15.4. The van der Waals surface area contributed by atoms with Gasteiger partial charge in [0.05, 0.1) is 31.1 Å². The number of benzene rings is 2. The van der Waals surface area contributed by atoms with Gasteiger partial charge in [-0.2, -0.15) is 0 Å². The first-order valence-electron chi connectivity index (χ1n) is 8.56. The van der Waals surface area contributed by atoms with E-state index in [0.717, 1.165) is 22.5 Å². The molecule has 0 fully saturated rings. The maximum absolute atomic E-state index is 12.9. The average Bonchev–Trinajstić information content (AvgIpc) is 2.68. The van der Waals surface area contributed by atoms with E-state index in [1.807, 2.05) is 13.0 Å². The number of anilines is 3. The predicted octanol–water partition coefficient (Wildman–Crippen LogP) is 5.12. The third kappa shape index (κ3) is 4.98. The summed E-state index contributed by atoms with van der Waals surface area (Å²) in [5.41, 5.74) is 3.14. The predicted molar refractivity (Wildman–Crippen MR) is 109 cm³/mol. The van der Waals surface area contributed by atoms with Crippen LogP contribution in [0.25, 0.3) is 0 Å². The zero-order chi connectivity index (χ0) is 20.1. The fraction of sp³-hybridized carbons (Fsp3) is 0.143. The maximum Gasteiger partial charge on any atom is 0.229 e. The molecule has 3 aromatic rings. The lowest BCUT2D eigenvalue weighted by Crippen LogP contribution is -2.15. The van der Waals surface area contributed by atoms with Crippen LogP contribution in [0.15, 0.2) is 54.7 Å². The molecule has 1 amide bonds. The van der Waals surface area contributed by atoms with Crippen molar-refractivity contribution >= 4 is 34.7 Å². The van der Waals surface area contributed by atoms with Crippen molar-refractivity contribution in [3.05, 3.63) is 76.7 Å². The number of hydrogen-bond donors (Lipinski definition) is 2. The van der Waals surface area contributed by atoms with Crippen LogP contribution in [-0.2, 0) is 11.2 Å². The number of methoxy groups -OCH3 is 1. The Kier molecular flexibility index (Phi) is 6.11. The summed E-state index contributed by atoms with van der Waals surface area (Å²) in [6, 6.07) is 12.9. The molecule has 0 spiro atoms. The standard InChI is InChI=1S/C21H19ClFN3O2/c1-13-9-18(19(28-2)11-17(13)22)25-16-7-8-20(24-12-16)26-21(27)10-14-3-5-15(23)6-4-14/h3-9,11-12,25H,10H2,1-2H3,(H,24,26,27). The van der Waals surface area contributed by atoms with Crippen molar-refractivity contribution in [2.45, 2.75) is 13.3 Å². The van der Waals surface area contributed by atoms with Crippen molar-refractivity contribution in [1.82, 2.24) is 4.98 Å². The molecule has 0 radical (unpaired) electrons. The molecule has 1 aromatic heterocycles. The summed E-state index contributed by atoms with van der Waals surface area (Å²) in [5, 5.41) is 6.57. The van der Waals surface area contributed by atoms with Gasteiger partial charge in [0.25, 0.3) is 0 Å². The monoisotopic (exact) mass is 399 g/mol. The van der Waals surface area contributed by atoms with E-state index < -0.39 is 0 Å². The third-order valence-electron chi connectivity index (χ3n) is 4.07. The van der Waals surface area contributed by atoms with E-state index in [-0.39, 0.29) is 18.1 Å². The highest BCUT2D eigenvalue weighted by molar-refractivity contribution is 6.31. The van der Waals surface area contributed by atoms with Gasteiger partial charge in [-0.3, -0.25) is 4.79 Å². The van der Waals surface area contributed by atoms with Gasteiger partial charge in [-0.05, 0) is 48.4 Å². The molecule has 0 unspecified atom stereocenters. The lowest BCUT2D eigenvalue weighted by atomic mass is 10.1. The van der Waals surface area contributed by atoms with Gasteiger partial charge in [0.1, 0.15) is 17.4 Å². The first-order valence-corrected chi connectivity index (χ1v) is 8.94. The second-order valence-electron chi connectivity index (χ2n) is 6.21. The van der Waals surface area contributed by atoms with Crippen molar-refractivity contribution in [2.24, 2.45) is 0 Å². The smallest absolute Gasteiger partial charge is 0.229 e. The van der Waals surface area contributed by atoms with Gasteiger partial charge in [-0.15, -0.1) is 0 Å². The number of carbonyl (C=O) groups is 1. The fourth-order valence-corrected chi connectivity index (χ4v) is 2.76. The number of aromatic nitrogens is 1. The zero-order valence-corrected chi connectivity index (χ0v) is 16.2. The van der Waals surface area contributed by atoms with E-state index in [4.69, 9.17) is 16.3 Å². The molecule has 0 saturated heterocycles. The van der Waals surface area contributed by atoms with Gasteiger partial charge in [0.15, 0.2) is 0 Å². The Labute approximate surface area is 167 Å². The summed E-state index contributed by atoms with van der Waals surface area (Å²) >= 11 is 6.12. The molecule has 144 valence electrons. The van der Waals surface area contributed by atoms with E-state index in [1.165, 1.54) is 12.1 Å². The SMILES string of the molecule is COc1cc(Cl)c(C)cc1Nc1ccc(NC(=O)Cc2ccc(F)cc2)nc1. The molecule has 7 heteroatoms. The summed E-state index contributed by atoms with van der Waals surface area (Å²) in [6.07, 6.45) is 1.75. The Bertz CT molecular complexity index is 976. The minimum absolute atomic E-state index is 0.142. The number of nitrogens with one attached hydrogen (secondary N) is 2. The third-order valence-corrected chi connectivity index (χ3v) is 4.48. The topological polar surface area (TPSA) is 63.2 Å². The van der Waals surface area contributed by atoms with E-state index in [9.17, 15) is 9.18 Å². The van der Waals surface area contributed by atoms with Crippen LogP contribution in [-0.4, -0.2) is 18.0 Å². The number of aryl methyl sites for hydroxylation is 1. The molecule has 2 aromatic carbocycles. The van der Waals surface area contributed by atoms with Crippen molar-refractivity contribution in [3.8, 4) is 5.75 Å². The minimum Gasteiger partial charge on any atom is -0.495 e. The van der Waals surface area contributed by atoms with Gasteiger partial charge in [0.2, 0.25) is 5.91 Å². The summed E-state index contributed by atoms with van der Waals surface area (Å²) in [5.74, 6) is 0.487. The summed E-state index contributed by atoms with van der Waals surface area (Å²) in [7, 11) is 1.57. The number of halogens is 2. The van der Waals surface area contributed by atoms with Crippen LogP contribution in [0.5, 0.6) is 5.75 Å². The molecule has 0 aliphatic rings. The molecule has 0 aliphatic carbocycles. The highest BCUT2D eigenvalue weighted by atomic mass is 35.5. The second-order valence-corrected chi connectivity index (χ2v) is 6.62. The lowest BCUT2D eigenvalue weighted by Gasteiger charge is -2.13. The molecule has 1 heterocycles. The summed E-state index contributed by atoms with van der Waals surface area (Å²) in [4.78, 5) is 16.4. The van der Waals surface area contributed by atoms with E-state index in [1.54, 1.807) is 43.6 Å². The quantitative estimate of drug-likeness (QED) is 0.604. The summed E-state index contributed by atoms with van der Waals surface area (Å²) in [6.45, 7) is 1.91. The van der Waals surface area contributed by atoms with E-state index in [0.29, 0.717) is 16.6 Å². The molecule has 2 N–H and O–H groups in total. The Balaban J connectivity index is 1.64. The number of carbonyl (C=O) groups excluding carboxylic acids is 1. The average molecular weight is 400 g/mol. The van der Waals surface area contributed by atoms with Crippen molar-refractivity contribution in [2.75, 3.05) is 17.7 Å². The number of rotatable bonds is 6. The number of amides is 1. The van der Waals surface area contributed by atoms with Gasteiger partial charge >= 0.3 is 0 Å². The molecule has 0 atom stereocenters. The molecule has 0 aliphatic heterocycles. The molecule has 28 heavy (non-hydrogen) atoms. The Morgan fingerprint density at radius 3 is 2.57 bits per heavy atom. The van der Waals surface area contributed by atoms with Gasteiger partial charge in [-0.1, -0.05) is 23.7 Å². The number of pyridine rings is 1. The van der Waals surface area contributed by atoms with Crippen LogP contribution in [0.2, 0.25) is 5.02 Å². The Morgan fingerprint density at radius 1 is 1.18 bits per heavy atom. The van der Waals surface area contributed by atoms with Crippen LogP contribution in [0, 0.1) is 12.7 Å². The van der Waals surface area contributed by atoms with Crippen LogP contribution in [0.1, 0.15) is 11.1 Å². The Hall–Kier alpha value is -3.12. The molecule has 0 bridgehead atoms. The largest absolute Gasteiger partial charge is 0.495 e. The van der Waals surface area contributed by atoms with Crippen molar-refractivity contribution in [1.29, 1.82) is 0 Å². The molecule has 3 rings (SSSR count). The highest BCUT2D eigenvalue weighted by Gasteiger charge is 2.09. The second kappa shape index (κ2) is 8.71. The van der Waals surface area contributed by atoms with Gasteiger partial charge in [0, 0.05) is 11.1 Å².